The fraction of sp³-hybridized carbons (Fsp3) is 0.533. The van der Waals surface area contributed by atoms with Crippen LogP contribution in [0.2, 0.25) is 0 Å². The lowest BCUT2D eigenvalue weighted by Gasteiger charge is -2.11. The summed E-state index contributed by atoms with van der Waals surface area (Å²) in [4.78, 5) is 11.4. The third-order valence-electron chi connectivity index (χ3n) is 2.99. The quantitative estimate of drug-likeness (QED) is 0.754. The number of amides is 1. The van der Waals surface area contributed by atoms with Crippen LogP contribution in [-0.2, 0) is 4.79 Å². The number of benzene rings is 1. The van der Waals surface area contributed by atoms with Crippen LogP contribution < -0.4 is 10.1 Å². The summed E-state index contributed by atoms with van der Waals surface area (Å²) < 4.78 is 5.66. The molecule has 18 heavy (non-hydrogen) atoms. The van der Waals surface area contributed by atoms with E-state index in [0.29, 0.717) is 19.6 Å². The van der Waals surface area contributed by atoms with Crippen LogP contribution in [0.3, 0.4) is 0 Å². The molecule has 0 saturated heterocycles. The lowest BCUT2D eigenvalue weighted by molar-refractivity contribution is -0.121. The van der Waals surface area contributed by atoms with Crippen LogP contribution in [0.5, 0.6) is 5.75 Å². The Morgan fingerprint density at radius 2 is 2.11 bits per heavy atom. The molecule has 1 aromatic carbocycles. The van der Waals surface area contributed by atoms with E-state index >= 15 is 0 Å². The van der Waals surface area contributed by atoms with E-state index in [9.17, 15) is 4.79 Å². The molecule has 0 radical (unpaired) electrons. The lowest BCUT2D eigenvalue weighted by atomic mass is 10.1. The van der Waals surface area contributed by atoms with E-state index in [1.807, 2.05) is 19.1 Å². The maximum atomic E-state index is 11.4. The van der Waals surface area contributed by atoms with Crippen LogP contribution in [0.1, 0.15) is 37.3 Å². The Bertz CT molecular complexity index is 388. The number of aryl methyl sites for hydroxylation is 1. The van der Waals surface area contributed by atoms with E-state index in [2.05, 4.69) is 25.2 Å². The van der Waals surface area contributed by atoms with Gasteiger partial charge in [-0.15, -0.1) is 0 Å². The lowest BCUT2D eigenvalue weighted by Crippen LogP contribution is -2.27. The van der Waals surface area contributed by atoms with Crippen LogP contribution in [0, 0.1) is 13.8 Å². The first-order valence-electron chi connectivity index (χ1n) is 6.61. The standard InChI is InChI=1S/C15H23NO2/c1-4-5-9-15(17)16-10-11-18-14-8-6-7-12(2)13(14)3/h6-8H,4-5,9-11H2,1-3H3,(H,16,17). The number of hydrogen-bond donors (Lipinski definition) is 1. The van der Waals surface area contributed by atoms with Crippen molar-refractivity contribution in [1.82, 2.24) is 5.32 Å². The fourth-order valence-electron chi connectivity index (χ4n) is 1.66. The first-order valence-corrected chi connectivity index (χ1v) is 6.61. The Morgan fingerprint density at radius 3 is 2.83 bits per heavy atom. The Morgan fingerprint density at radius 1 is 1.33 bits per heavy atom. The van der Waals surface area contributed by atoms with Gasteiger partial charge in [0, 0.05) is 6.42 Å². The van der Waals surface area contributed by atoms with Gasteiger partial charge >= 0.3 is 0 Å². The first-order chi connectivity index (χ1) is 8.65. The molecule has 3 heteroatoms. The molecule has 0 aliphatic rings. The molecule has 0 aliphatic heterocycles. The minimum absolute atomic E-state index is 0.112. The summed E-state index contributed by atoms with van der Waals surface area (Å²) in [5.74, 6) is 1.01. The number of rotatable bonds is 7. The van der Waals surface area contributed by atoms with Crippen molar-refractivity contribution in [2.24, 2.45) is 0 Å². The van der Waals surface area contributed by atoms with Crippen molar-refractivity contribution >= 4 is 5.91 Å². The van der Waals surface area contributed by atoms with Gasteiger partial charge in [0.05, 0.1) is 6.54 Å². The van der Waals surface area contributed by atoms with Gasteiger partial charge in [-0.3, -0.25) is 4.79 Å². The molecule has 1 N–H and O–H groups in total. The maximum Gasteiger partial charge on any atom is 0.220 e. The van der Waals surface area contributed by atoms with Gasteiger partial charge in [0.15, 0.2) is 0 Å². The normalized spacial score (nSPS) is 10.2. The highest BCUT2D eigenvalue weighted by Gasteiger charge is 2.02. The summed E-state index contributed by atoms with van der Waals surface area (Å²) in [6.45, 7) is 7.27. The average Bonchev–Trinajstić information content (AvgIpc) is 2.37. The third-order valence-corrected chi connectivity index (χ3v) is 2.99. The molecule has 0 atom stereocenters. The van der Waals surface area contributed by atoms with Gasteiger partial charge in [0.1, 0.15) is 12.4 Å². The molecular weight excluding hydrogens is 226 g/mol. The summed E-state index contributed by atoms with van der Waals surface area (Å²) in [5, 5.41) is 2.86. The van der Waals surface area contributed by atoms with Gasteiger partial charge < -0.3 is 10.1 Å². The van der Waals surface area contributed by atoms with Crippen molar-refractivity contribution in [1.29, 1.82) is 0 Å². The number of carbonyl (C=O) groups is 1. The molecule has 0 aromatic heterocycles. The highest BCUT2D eigenvalue weighted by molar-refractivity contribution is 5.75. The van der Waals surface area contributed by atoms with Crippen molar-refractivity contribution in [3.05, 3.63) is 29.3 Å². The van der Waals surface area contributed by atoms with Crippen LogP contribution in [0.15, 0.2) is 18.2 Å². The fourth-order valence-corrected chi connectivity index (χ4v) is 1.66. The van der Waals surface area contributed by atoms with Crippen molar-refractivity contribution in [2.75, 3.05) is 13.2 Å². The van der Waals surface area contributed by atoms with Crippen LogP contribution in [0.25, 0.3) is 0 Å². The summed E-state index contributed by atoms with van der Waals surface area (Å²) in [7, 11) is 0. The second-order valence-electron chi connectivity index (χ2n) is 4.50. The van der Waals surface area contributed by atoms with E-state index in [1.165, 1.54) is 5.56 Å². The van der Waals surface area contributed by atoms with E-state index in [4.69, 9.17) is 4.74 Å². The molecule has 1 rings (SSSR count). The molecule has 1 aromatic rings. The molecule has 0 bridgehead atoms. The van der Waals surface area contributed by atoms with Gasteiger partial charge in [-0.05, 0) is 37.5 Å². The number of carbonyl (C=O) groups excluding carboxylic acids is 1. The van der Waals surface area contributed by atoms with E-state index in [-0.39, 0.29) is 5.91 Å². The smallest absolute Gasteiger partial charge is 0.220 e. The molecule has 0 spiro atoms. The summed E-state index contributed by atoms with van der Waals surface area (Å²) in [5.41, 5.74) is 2.38. The van der Waals surface area contributed by atoms with Crippen molar-refractivity contribution in [2.45, 2.75) is 40.0 Å². The van der Waals surface area contributed by atoms with Gasteiger partial charge in [0.2, 0.25) is 5.91 Å². The van der Waals surface area contributed by atoms with E-state index in [0.717, 1.165) is 24.2 Å². The molecule has 0 aliphatic carbocycles. The Kier molecular flexibility index (Phi) is 6.26. The van der Waals surface area contributed by atoms with Crippen LogP contribution in [-0.4, -0.2) is 19.1 Å². The third kappa shape index (κ3) is 4.78. The minimum atomic E-state index is 0.112. The topological polar surface area (TPSA) is 38.3 Å². The molecule has 0 unspecified atom stereocenters. The molecule has 100 valence electrons. The van der Waals surface area contributed by atoms with E-state index < -0.39 is 0 Å². The largest absolute Gasteiger partial charge is 0.491 e. The number of unbranched alkanes of at least 4 members (excludes halogenated alkanes) is 1. The predicted octanol–water partition coefficient (Wildman–Crippen LogP) is 2.99. The molecular formula is C15H23NO2. The second-order valence-corrected chi connectivity index (χ2v) is 4.50. The average molecular weight is 249 g/mol. The molecule has 3 nitrogen and oxygen atoms in total. The van der Waals surface area contributed by atoms with Gasteiger partial charge in [-0.25, -0.2) is 0 Å². The number of hydrogen-bond acceptors (Lipinski definition) is 2. The Labute approximate surface area is 110 Å². The number of nitrogens with one attached hydrogen (secondary N) is 1. The van der Waals surface area contributed by atoms with Crippen molar-refractivity contribution in [3.8, 4) is 5.75 Å². The van der Waals surface area contributed by atoms with Gasteiger partial charge in [-0.2, -0.15) is 0 Å². The highest BCUT2D eigenvalue weighted by Crippen LogP contribution is 2.20. The summed E-state index contributed by atoms with van der Waals surface area (Å²) >= 11 is 0. The minimum Gasteiger partial charge on any atom is -0.491 e. The highest BCUT2D eigenvalue weighted by atomic mass is 16.5. The summed E-state index contributed by atoms with van der Waals surface area (Å²) in [6.07, 6.45) is 2.61. The molecule has 0 fully saturated rings. The summed E-state index contributed by atoms with van der Waals surface area (Å²) in [6, 6.07) is 6.01. The Hall–Kier alpha value is -1.51. The SMILES string of the molecule is CCCCC(=O)NCCOc1cccc(C)c1C. The van der Waals surface area contributed by atoms with Crippen molar-refractivity contribution in [3.63, 3.8) is 0 Å². The van der Waals surface area contributed by atoms with Gasteiger partial charge in [-0.1, -0.05) is 25.5 Å². The zero-order chi connectivity index (χ0) is 13.4. The van der Waals surface area contributed by atoms with Gasteiger partial charge in [0.25, 0.3) is 0 Å². The van der Waals surface area contributed by atoms with Crippen LogP contribution in [0.4, 0.5) is 0 Å². The zero-order valence-corrected chi connectivity index (χ0v) is 11.6. The van der Waals surface area contributed by atoms with E-state index in [1.54, 1.807) is 0 Å². The predicted molar refractivity (Wildman–Crippen MR) is 73.9 cm³/mol. The first kappa shape index (κ1) is 14.6. The van der Waals surface area contributed by atoms with Crippen molar-refractivity contribution < 1.29 is 9.53 Å². The molecule has 0 saturated carbocycles. The second kappa shape index (κ2) is 7.75. The molecule has 1 amide bonds. The molecule has 0 heterocycles. The zero-order valence-electron chi connectivity index (χ0n) is 11.6. The van der Waals surface area contributed by atoms with Crippen LogP contribution >= 0.6 is 0 Å². The monoisotopic (exact) mass is 249 g/mol. The number of ether oxygens (including phenoxy) is 1. The Balaban J connectivity index is 2.25. The maximum absolute atomic E-state index is 11.4.